The number of aryl methyl sites for hydroxylation is 2. The number of aromatic nitrogens is 4. The van der Waals surface area contributed by atoms with E-state index in [4.69, 9.17) is 5.73 Å². The zero-order valence-corrected chi connectivity index (χ0v) is 23.6. The smallest absolute Gasteiger partial charge is 0.389 e. The molecular formula is C24H21ClF6N6O2S2. The molecule has 0 aliphatic rings. The van der Waals surface area contributed by atoms with Gasteiger partial charge >= 0.3 is 12.4 Å². The number of thiazole rings is 2. The third-order valence-electron chi connectivity index (χ3n) is 4.40. The Morgan fingerprint density at radius 2 is 1.34 bits per heavy atom. The molecule has 0 unspecified atom stereocenters. The van der Waals surface area contributed by atoms with E-state index in [9.17, 15) is 35.9 Å². The van der Waals surface area contributed by atoms with Gasteiger partial charge in [0.05, 0.1) is 11.4 Å². The van der Waals surface area contributed by atoms with Gasteiger partial charge in [0.2, 0.25) is 11.1 Å². The van der Waals surface area contributed by atoms with Crippen molar-refractivity contribution >= 4 is 55.4 Å². The van der Waals surface area contributed by atoms with Crippen LogP contribution in [0.25, 0.3) is 21.1 Å². The monoisotopic (exact) mass is 638 g/mol. The van der Waals surface area contributed by atoms with Crippen molar-refractivity contribution in [1.82, 2.24) is 19.9 Å². The molecule has 4 rings (SSSR count). The minimum absolute atomic E-state index is 0.318. The molecule has 17 heteroatoms. The van der Waals surface area contributed by atoms with E-state index < -0.39 is 36.3 Å². The molecule has 8 nitrogen and oxygen atoms in total. The highest BCUT2D eigenvalue weighted by molar-refractivity contribution is 7.19. The largest absolute Gasteiger partial charge is 0.397 e. The van der Waals surface area contributed by atoms with Crippen molar-refractivity contribution in [2.24, 2.45) is 0 Å². The van der Waals surface area contributed by atoms with Crippen molar-refractivity contribution in [3.63, 3.8) is 0 Å². The third-order valence-corrected chi connectivity index (χ3v) is 6.69. The number of nitrogens with zero attached hydrogens (tertiary/aromatic N) is 4. The first-order valence-corrected chi connectivity index (χ1v) is 13.2. The van der Waals surface area contributed by atoms with Crippen LogP contribution in [0.4, 0.5) is 36.3 Å². The highest BCUT2D eigenvalue weighted by atomic mass is 35.5. The number of nitrogens with two attached hydrogens (primary N) is 1. The lowest BCUT2D eigenvalue weighted by molar-refractivity contribution is -0.150. The second-order valence-corrected chi connectivity index (χ2v) is 10.3. The number of anilines is 2. The van der Waals surface area contributed by atoms with E-state index in [0.29, 0.717) is 15.7 Å². The Labute approximate surface area is 242 Å². The SMILES string of the molecule is Cc1nc(-c2cccnc2)sc1N.Cc1nc(-c2cccnc2)sc1NC(=O)CC(F)(F)F.O=C(Cl)CC(F)(F)F. The molecule has 0 saturated heterocycles. The van der Waals surface area contributed by atoms with Gasteiger partial charge in [0, 0.05) is 35.9 Å². The molecule has 0 spiro atoms. The number of alkyl halides is 6. The molecule has 1 amide bonds. The van der Waals surface area contributed by atoms with Gasteiger partial charge in [0.25, 0.3) is 0 Å². The predicted octanol–water partition coefficient (Wildman–Crippen LogP) is 7.20. The Kier molecular flexibility index (Phi) is 12.2. The van der Waals surface area contributed by atoms with Crippen molar-refractivity contribution in [2.75, 3.05) is 11.1 Å². The first kappa shape index (κ1) is 33.6. The highest BCUT2D eigenvalue weighted by Gasteiger charge is 2.32. The molecule has 0 saturated carbocycles. The topological polar surface area (TPSA) is 124 Å². The van der Waals surface area contributed by atoms with Crippen LogP contribution in [0.15, 0.2) is 49.1 Å². The second kappa shape index (κ2) is 14.8. The van der Waals surface area contributed by atoms with Gasteiger partial charge < -0.3 is 11.1 Å². The summed E-state index contributed by atoms with van der Waals surface area (Å²) in [4.78, 5) is 37.3. The molecule has 0 fully saturated rings. The Bertz CT molecular complexity index is 1410. The van der Waals surface area contributed by atoms with Crippen molar-refractivity contribution in [2.45, 2.75) is 39.0 Å². The van der Waals surface area contributed by atoms with E-state index >= 15 is 0 Å². The van der Waals surface area contributed by atoms with Gasteiger partial charge in [0.15, 0.2) is 0 Å². The number of pyridine rings is 2. The zero-order chi connectivity index (χ0) is 30.8. The molecule has 0 aromatic carbocycles. The number of rotatable bonds is 5. The number of nitrogen functional groups attached to an aromatic ring is 1. The van der Waals surface area contributed by atoms with Crippen molar-refractivity contribution in [1.29, 1.82) is 0 Å². The summed E-state index contributed by atoms with van der Waals surface area (Å²) in [5, 5.41) is 3.48. The fourth-order valence-electron chi connectivity index (χ4n) is 2.66. The predicted molar refractivity (Wildman–Crippen MR) is 145 cm³/mol. The van der Waals surface area contributed by atoms with Gasteiger partial charge in [-0.05, 0) is 49.7 Å². The average molecular weight is 639 g/mol. The summed E-state index contributed by atoms with van der Waals surface area (Å²) in [6, 6.07) is 7.38. The normalized spacial score (nSPS) is 11.0. The van der Waals surface area contributed by atoms with Crippen LogP contribution in [0, 0.1) is 13.8 Å². The lowest BCUT2D eigenvalue weighted by Crippen LogP contribution is -2.21. The van der Waals surface area contributed by atoms with E-state index in [1.54, 1.807) is 43.8 Å². The van der Waals surface area contributed by atoms with Crippen LogP contribution < -0.4 is 11.1 Å². The van der Waals surface area contributed by atoms with Crippen molar-refractivity contribution < 1.29 is 35.9 Å². The maximum atomic E-state index is 12.1. The van der Waals surface area contributed by atoms with Gasteiger partial charge in [0.1, 0.15) is 32.9 Å². The van der Waals surface area contributed by atoms with Crippen LogP contribution in [0.3, 0.4) is 0 Å². The number of hydrogen-bond donors (Lipinski definition) is 2. The van der Waals surface area contributed by atoms with Gasteiger partial charge in [-0.25, -0.2) is 9.97 Å². The van der Waals surface area contributed by atoms with Crippen LogP contribution in [0.1, 0.15) is 24.2 Å². The number of nitrogens with one attached hydrogen (secondary N) is 1. The number of amides is 1. The molecule has 0 aliphatic carbocycles. The van der Waals surface area contributed by atoms with E-state index in [1.807, 2.05) is 19.1 Å². The van der Waals surface area contributed by atoms with Crippen molar-refractivity contribution in [3.05, 3.63) is 60.4 Å². The minimum atomic E-state index is -4.52. The third kappa shape index (κ3) is 12.6. The summed E-state index contributed by atoms with van der Waals surface area (Å²) in [5.41, 5.74) is 8.85. The minimum Gasteiger partial charge on any atom is -0.389 e. The summed E-state index contributed by atoms with van der Waals surface area (Å²) in [6.45, 7) is 3.53. The lowest BCUT2D eigenvalue weighted by atomic mass is 10.3. The Hall–Kier alpha value is -3.63. The van der Waals surface area contributed by atoms with Crippen LogP contribution in [0.5, 0.6) is 0 Å². The first-order valence-electron chi connectivity index (χ1n) is 11.2. The van der Waals surface area contributed by atoms with E-state index in [2.05, 4.69) is 36.9 Å². The zero-order valence-electron chi connectivity index (χ0n) is 21.2. The fraction of sp³-hybridized carbons (Fsp3) is 0.250. The van der Waals surface area contributed by atoms with Crippen LogP contribution in [-0.2, 0) is 9.59 Å². The summed E-state index contributed by atoms with van der Waals surface area (Å²) >= 11 is 7.01. The maximum Gasteiger partial charge on any atom is 0.397 e. The molecule has 4 heterocycles. The van der Waals surface area contributed by atoms with Crippen LogP contribution >= 0.6 is 34.3 Å². The van der Waals surface area contributed by atoms with E-state index in [1.165, 1.54) is 11.3 Å². The number of carbonyl (C=O) groups is 2. The average Bonchev–Trinajstić information content (AvgIpc) is 3.39. The molecular weight excluding hydrogens is 618 g/mol. The summed E-state index contributed by atoms with van der Waals surface area (Å²) < 4.78 is 69.3. The molecule has 4 aromatic rings. The van der Waals surface area contributed by atoms with Gasteiger partial charge in [-0.15, -0.1) is 0 Å². The number of hydrogen-bond acceptors (Lipinski definition) is 9. The Morgan fingerprint density at radius 3 is 1.71 bits per heavy atom. The highest BCUT2D eigenvalue weighted by Crippen LogP contribution is 2.32. The van der Waals surface area contributed by atoms with Gasteiger partial charge in [-0.1, -0.05) is 22.7 Å². The molecule has 0 radical (unpaired) electrons. The molecule has 0 atom stereocenters. The van der Waals surface area contributed by atoms with E-state index in [0.717, 1.165) is 38.2 Å². The molecule has 220 valence electrons. The Morgan fingerprint density at radius 1 is 0.854 bits per heavy atom. The lowest BCUT2D eigenvalue weighted by Gasteiger charge is -2.06. The quantitative estimate of drug-likeness (QED) is 0.175. The van der Waals surface area contributed by atoms with Crippen LogP contribution in [0.2, 0.25) is 0 Å². The number of halogens is 7. The molecule has 0 aliphatic heterocycles. The molecule has 0 bridgehead atoms. The Balaban J connectivity index is 0.000000240. The second-order valence-electron chi connectivity index (χ2n) is 7.87. The maximum absolute atomic E-state index is 12.1. The standard InChI is InChI=1S/C12H10F3N3OS.C9H9N3S.C3H2ClF3O/c1-7-10(18-9(19)5-12(13,14)15)20-11(17-7)8-3-2-4-16-6-8;1-6-8(10)13-9(12-6)7-3-2-4-11-5-7;4-2(8)1-3(5,6)7/h2-4,6H,5H2,1H3,(H,18,19);2-5H,10H2,1H3;1H2. The summed E-state index contributed by atoms with van der Waals surface area (Å²) in [6.07, 6.45) is -5.30. The molecule has 4 aromatic heterocycles. The summed E-state index contributed by atoms with van der Waals surface area (Å²) in [7, 11) is 0. The number of carbonyl (C=O) groups excluding carboxylic acids is 2. The van der Waals surface area contributed by atoms with E-state index in [-0.39, 0.29) is 0 Å². The first-order chi connectivity index (χ1) is 19.0. The van der Waals surface area contributed by atoms with Crippen molar-refractivity contribution in [3.8, 4) is 21.1 Å². The van der Waals surface area contributed by atoms with Gasteiger partial charge in [-0.2, -0.15) is 26.3 Å². The fourth-order valence-corrected chi connectivity index (χ4v) is 4.60. The molecule has 41 heavy (non-hydrogen) atoms. The summed E-state index contributed by atoms with van der Waals surface area (Å²) in [5.74, 6) is -1.10. The van der Waals surface area contributed by atoms with Crippen LogP contribution in [-0.4, -0.2) is 43.4 Å². The van der Waals surface area contributed by atoms with Gasteiger partial charge in [-0.3, -0.25) is 19.6 Å². The molecule has 3 N–H and O–H groups in total.